The number of phenols is 1. The van der Waals surface area contributed by atoms with Gasteiger partial charge in [0.25, 0.3) is 0 Å². The van der Waals surface area contributed by atoms with Crippen LogP contribution in [0.2, 0.25) is 0 Å². The first kappa shape index (κ1) is 14.2. The Morgan fingerprint density at radius 3 is 2.56 bits per heavy atom. The summed E-state index contributed by atoms with van der Waals surface area (Å²) in [4.78, 5) is 10.8. The van der Waals surface area contributed by atoms with Gasteiger partial charge in [0, 0.05) is 0 Å². The normalized spacial score (nSPS) is 15.1. The zero-order valence-corrected chi connectivity index (χ0v) is 10.0. The van der Waals surface area contributed by atoms with Gasteiger partial charge in [-0.25, -0.2) is 0 Å². The molecule has 0 aliphatic carbocycles. The SMILES string of the molecule is C[C@H](O)[C@H](O)C=CC=Cc1cccc(O)c1C=O. The van der Waals surface area contributed by atoms with E-state index in [1.54, 1.807) is 30.4 Å². The van der Waals surface area contributed by atoms with Crippen LogP contribution in [0.25, 0.3) is 6.08 Å². The Bertz CT molecular complexity index is 461. The van der Waals surface area contributed by atoms with Crippen LogP contribution in [0.15, 0.2) is 36.4 Å². The van der Waals surface area contributed by atoms with Gasteiger partial charge in [0.2, 0.25) is 0 Å². The van der Waals surface area contributed by atoms with E-state index < -0.39 is 12.2 Å². The number of hydrogen-bond acceptors (Lipinski definition) is 4. The van der Waals surface area contributed by atoms with Gasteiger partial charge in [0.1, 0.15) is 5.75 Å². The molecule has 2 atom stereocenters. The molecule has 0 aromatic heterocycles. The van der Waals surface area contributed by atoms with Crippen LogP contribution in [-0.2, 0) is 0 Å². The second-order valence-corrected chi connectivity index (χ2v) is 3.87. The number of rotatable bonds is 5. The van der Waals surface area contributed by atoms with Gasteiger partial charge in [-0.1, -0.05) is 36.4 Å². The van der Waals surface area contributed by atoms with E-state index in [1.165, 1.54) is 19.1 Å². The highest BCUT2D eigenvalue weighted by molar-refractivity contribution is 5.85. The third-order valence-corrected chi connectivity index (χ3v) is 2.42. The first-order valence-corrected chi connectivity index (χ1v) is 5.54. The minimum Gasteiger partial charge on any atom is -0.507 e. The lowest BCUT2D eigenvalue weighted by Gasteiger charge is -2.06. The molecule has 0 heterocycles. The van der Waals surface area contributed by atoms with Crippen molar-refractivity contribution in [1.82, 2.24) is 0 Å². The summed E-state index contributed by atoms with van der Waals surface area (Å²) in [5.41, 5.74) is 0.805. The third-order valence-electron chi connectivity index (χ3n) is 2.42. The number of carbonyl (C=O) groups is 1. The molecule has 0 unspecified atom stereocenters. The summed E-state index contributed by atoms with van der Waals surface area (Å²) in [6.07, 6.45) is 5.08. The molecular formula is C14H16O4. The number of aliphatic hydroxyl groups is 2. The smallest absolute Gasteiger partial charge is 0.154 e. The molecule has 0 saturated carbocycles. The number of aromatic hydroxyl groups is 1. The van der Waals surface area contributed by atoms with Gasteiger partial charge >= 0.3 is 0 Å². The maximum Gasteiger partial charge on any atom is 0.154 e. The summed E-state index contributed by atoms with van der Waals surface area (Å²) in [6.45, 7) is 1.48. The average Bonchev–Trinajstić information content (AvgIpc) is 2.34. The molecule has 0 radical (unpaired) electrons. The van der Waals surface area contributed by atoms with Crippen molar-refractivity contribution >= 4 is 12.4 Å². The lowest BCUT2D eigenvalue weighted by Crippen LogP contribution is -2.19. The molecule has 4 heteroatoms. The van der Waals surface area contributed by atoms with Crippen LogP contribution in [0.1, 0.15) is 22.8 Å². The van der Waals surface area contributed by atoms with Gasteiger partial charge in [-0.15, -0.1) is 0 Å². The fraction of sp³-hybridized carbons (Fsp3) is 0.214. The van der Waals surface area contributed by atoms with E-state index in [1.807, 2.05) is 0 Å². The minimum atomic E-state index is -0.927. The molecule has 0 saturated heterocycles. The fourth-order valence-electron chi connectivity index (χ4n) is 1.34. The van der Waals surface area contributed by atoms with E-state index in [0.717, 1.165) is 0 Å². The molecule has 3 N–H and O–H groups in total. The van der Waals surface area contributed by atoms with E-state index in [0.29, 0.717) is 11.8 Å². The molecule has 0 amide bonds. The maximum absolute atomic E-state index is 10.8. The Labute approximate surface area is 106 Å². The lowest BCUT2D eigenvalue weighted by atomic mass is 10.1. The number of carbonyl (C=O) groups excluding carboxylic acids is 1. The topological polar surface area (TPSA) is 77.8 Å². The Kier molecular flexibility index (Phi) is 5.30. The Morgan fingerprint density at radius 2 is 1.94 bits per heavy atom. The van der Waals surface area contributed by atoms with Gasteiger partial charge in [-0.3, -0.25) is 4.79 Å². The van der Waals surface area contributed by atoms with Crippen LogP contribution in [0, 0.1) is 0 Å². The number of aldehydes is 1. The van der Waals surface area contributed by atoms with Crippen molar-refractivity contribution in [3.05, 3.63) is 47.6 Å². The average molecular weight is 248 g/mol. The molecular weight excluding hydrogens is 232 g/mol. The molecule has 0 fully saturated rings. The van der Waals surface area contributed by atoms with Crippen LogP contribution >= 0.6 is 0 Å². The number of allylic oxidation sites excluding steroid dienone is 2. The predicted molar refractivity (Wildman–Crippen MR) is 69.4 cm³/mol. The molecule has 1 rings (SSSR count). The van der Waals surface area contributed by atoms with E-state index in [4.69, 9.17) is 5.11 Å². The molecule has 4 nitrogen and oxygen atoms in total. The van der Waals surface area contributed by atoms with E-state index in [2.05, 4.69) is 0 Å². The molecule has 1 aromatic rings. The highest BCUT2D eigenvalue weighted by Crippen LogP contribution is 2.19. The van der Waals surface area contributed by atoms with Crippen LogP contribution in [0.3, 0.4) is 0 Å². The summed E-state index contributed by atoms with van der Waals surface area (Å²) in [5, 5.41) is 27.8. The van der Waals surface area contributed by atoms with Crippen molar-refractivity contribution < 1.29 is 20.1 Å². The van der Waals surface area contributed by atoms with Gasteiger partial charge in [0.15, 0.2) is 6.29 Å². The maximum atomic E-state index is 10.8. The molecule has 0 spiro atoms. The van der Waals surface area contributed by atoms with Gasteiger partial charge in [0.05, 0.1) is 17.8 Å². The Morgan fingerprint density at radius 1 is 1.22 bits per heavy atom. The number of phenolic OH excluding ortho intramolecular Hbond substituents is 1. The molecule has 0 aliphatic rings. The Hall–Kier alpha value is -1.91. The third kappa shape index (κ3) is 3.84. The van der Waals surface area contributed by atoms with Gasteiger partial charge in [-0.2, -0.15) is 0 Å². The van der Waals surface area contributed by atoms with E-state index in [-0.39, 0.29) is 11.3 Å². The highest BCUT2D eigenvalue weighted by atomic mass is 16.3. The van der Waals surface area contributed by atoms with Crippen LogP contribution in [0.5, 0.6) is 5.75 Å². The fourth-order valence-corrected chi connectivity index (χ4v) is 1.34. The second kappa shape index (κ2) is 6.74. The van der Waals surface area contributed by atoms with Crippen molar-refractivity contribution in [1.29, 1.82) is 0 Å². The number of hydrogen-bond donors (Lipinski definition) is 3. The summed E-state index contributed by atoms with van der Waals surface area (Å²) in [7, 11) is 0. The number of aliphatic hydroxyl groups excluding tert-OH is 2. The zero-order valence-electron chi connectivity index (χ0n) is 10.0. The lowest BCUT2D eigenvalue weighted by molar-refractivity contribution is 0.0619. The summed E-state index contributed by atoms with van der Waals surface area (Å²) in [6, 6.07) is 4.77. The van der Waals surface area contributed by atoms with Gasteiger partial charge in [-0.05, 0) is 18.6 Å². The van der Waals surface area contributed by atoms with E-state index in [9.17, 15) is 15.0 Å². The first-order chi connectivity index (χ1) is 8.56. The van der Waals surface area contributed by atoms with Crippen molar-refractivity contribution in [2.75, 3.05) is 0 Å². The first-order valence-electron chi connectivity index (χ1n) is 5.54. The molecule has 1 aromatic carbocycles. The molecule has 96 valence electrons. The van der Waals surface area contributed by atoms with Crippen molar-refractivity contribution in [2.45, 2.75) is 19.1 Å². The molecule has 18 heavy (non-hydrogen) atoms. The van der Waals surface area contributed by atoms with Crippen molar-refractivity contribution in [3.63, 3.8) is 0 Å². The van der Waals surface area contributed by atoms with Crippen molar-refractivity contribution in [3.8, 4) is 5.75 Å². The van der Waals surface area contributed by atoms with Crippen molar-refractivity contribution in [2.24, 2.45) is 0 Å². The number of benzene rings is 1. The standard InChI is InChI=1S/C14H16O4/c1-10(16)13(17)7-3-2-5-11-6-4-8-14(18)12(11)9-15/h2-10,13,16-18H,1H3/t10-,13+/m0/s1. The quantitative estimate of drug-likeness (QED) is 0.545. The summed E-state index contributed by atoms with van der Waals surface area (Å²) >= 11 is 0. The van der Waals surface area contributed by atoms with Crippen LogP contribution < -0.4 is 0 Å². The summed E-state index contributed by atoms with van der Waals surface area (Å²) < 4.78 is 0. The zero-order chi connectivity index (χ0) is 13.5. The molecule has 0 aliphatic heterocycles. The monoisotopic (exact) mass is 248 g/mol. The predicted octanol–water partition coefficient (Wildman–Crippen LogP) is 1.52. The summed E-state index contributed by atoms with van der Waals surface area (Å²) in [5.74, 6) is -0.0693. The second-order valence-electron chi connectivity index (χ2n) is 3.87. The van der Waals surface area contributed by atoms with Crippen LogP contribution in [-0.4, -0.2) is 33.8 Å². The van der Waals surface area contributed by atoms with Gasteiger partial charge < -0.3 is 15.3 Å². The molecule has 0 bridgehead atoms. The van der Waals surface area contributed by atoms with Crippen LogP contribution in [0.4, 0.5) is 0 Å². The Balaban J connectivity index is 2.79. The van der Waals surface area contributed by atoms with E-state index >= 15 is 0 Å². The highest BCUT2D eigenvalue weighted by Gasteiger charge is 2.05. The minimum absolute atomic E-state index is 0.0693. The largest absolute Gasteiger partial charge is 0.507 e.